The summed E-state index contributed by atoms with van der Waals surface area (Å²) in [5, 5.41) is 21.0. The number of carboxylic acids is 1. The Balaban J connectivity index is 2.63. The molecule has 2 rings (SSSR count). The van der Waals surface area contributed by atoms with Crippen LogP contribution in [0.2, 0.25) is 0 Å². The standard InChI is InChI=1S/C15H16F2N2O5/c1-7-11(14(20)21)12(13(19(22)23)8(2)18-7)9-5-3-4-6-10(9)24-15(16)17/h3-6,8,11-13,15H,1-2H3,(H,20,21). The molecule has 7 nitrogen and oxygen atoms in total. The molecule has 4 unspecified atom stereocenters. The third-order valence-electron chi connectivity index (χ3n) is 4.08. The van der Waals surface area contributed by atoms with Crippen molar-refractivity contribution in [3.8, 4) is 5.75 Å². The SMILES string of the molecule is CC1=NC(C)C([N+](=O)[O-])C(c2ccccc2OC(F)F)C1C(=O)O. The Morgan fingerprint density at radius 1 is 1.42 bits per heavy atom. The van der Waals surface area contributed by atoms with Gasteiger partial charge in [0.2, 0.25) is 6.04 Å². The minimum Gasteiger partial charge on any atom is -0.481 e. The highest BCUT2D eigenvalue weighted by molar-refractivity contribution is 6.02. The fraction of sp³-hybridized carbons (Fsp3) is 0.467. The molecule has 0 radical (unpaired) electrons. The van der Waals surface area contributed by atoms with Gasteiger partial charge in [0.1, 0.15) is 17.7 Å². The highest BCUT2D eigenvalue weighted by Crippen LogP contribution is 2.41. The lowest BCUT2D eigenvalue weighted by atomic mass is 9.74. The van der Waals surface area contributed by atoms with Crippen molar-refractivity contribution in [3.63, 3.8) is 0 Å². The Kier molecular flexibility index (Phi) is 5.10. The predicted octanol–water partition coefficient (Wildman–Crippen LogP) is 2.58. The van der Waals surface area contributed by atoms with E-state index in [1.165, 1.54) is 38.1 Å². The summed E-state index contributed by atoms with van der Waals surface area (Å²) in [5.41, 5.74) is 0.276. The van der Waals surface area contributed by atoms with E-state index in [0.29, 0.717) is 0 Å². The molecule has 0 spiro atoms. The van der Waals surface area contributed by atoms with Crippen LogP contribution in [-0.4, -0.2) is 40.4 Å². The second-order valence-corrected chi connectivity index (χ2v) is 5.55. The Morgan fingerprint density at radius 2 is 2.04 bits per heavy atom. The minimum absolute atomic E-state index is 0.0630. The summed E-state index contributed by atoms with van der Waals surface area (Å²) in [6.07, 6.45) is 0. The van der Waals surface area contributed by atoms with E-state index in [4.69, 9.17) is 0 Å². The zero-order chi connectivity index (χ0) is 18.0. The van der Waals surface area contributed by atoms with Crippen LogP contribution in [-0.2, 0) is 4.79 Å². The second-order valence-electron chi connectivity index (χ2n) is 5.55. The fourth-order valence-corrected chi connectivity index (χ4v) is 3.20. The highest BCUT2D eigenvalue weighted by Gasteiger charge is 2.50. The zero-order valence-electron chi connectivity index (χ0n) is 12.9. The molecule has 1 aliphatic rings. The van der Waals surface area contributed by atoms with Gasteiger partial charge in [-0.2, -0.15) is 8.78 Å². The van der Waals surface area contributed by atoms with Crippen LogP contribution < -0.4 is 4.74 Å². The van der Waals surface area contributed by atoms with E-state index in [2.05, 4.69) is 9.73 Å². The lowest BCUT2D eigenvalue weighted by Crippen LogP contribution is -2.48. The average Bonchev–Trinajstić information content (AvgIpc) is 2.45. The van der Waals surface area contributed by atoms with Crippen molar-refractivity contribution in [1.82, 2.24) is 0 Å². The molecule has 1 N–H and O–H groups in total. The molecule has 0 bridgehead atoms. The topological polar surface area (TPSA) is 102 Å². The van der Waals surface area contributed by atoms with Gasteiger partial charge in [-0.15, -0.1) is 0 Å². The molecule has 1 aromatic carbocycles. The van der Waals surface area contributed by atoms with Crippen LogP contribution in [0.1, 0.15) is 25.3 Å². The maximum atomic E-state index is 12.6. The number of hydrogen-bond donors (Lipinski definition) is 1. The van der Waals surface area contributed by atoms with Crippen molar-refractivity contribution in [2.24, 2.45) is 10.9 Å². The van der Waals surface area contributed by atoms with Gasteiger partial charge in [0, 0.05) is 16.2 Å². The molecule has 0 fully saturated rings. The van der Waals surface area contributed by atoms with Gasteiger partial charge in [-0.1, -0.05) is 18.2 Å². The van der Waals surface area contributed by atoms with Crippen molar-refractivity contribution < 1.29 is 28.3 Å². The van der Waals surface area contributed by atoms with Crippen LogP contribution in [0.25, 0.3) is 0 Å². The molecule has 0 saturated carbocycles. The molecule has 9 heteroatoms. The van der Waals surface area contributed by atoms with Crippen molar-refractivity contribution >= 4 is 11.7 Å². The van der Waals surface area contributed by atoms with Gasteiger partial charge in [-0.25, -0.2) is 0 Å². The van der Waals surface area contributed by atoms with E-state index >= 15 is 0 Å². The smallest absolute Gasteiger partial charge is 0.387 e. The molecule has 0 saturated heterocycles. The number of benzene rings is 1. The summed E-state index contributed by atoms with van der Waals surface area (Å²) >= 11 is 0. The number of ether oxygens (including phenoxy) is 1. The first-order valence-corrected chi connectivity index (χ1v) is 7.18. The molecule has 1 heterocycles. The molecule has 1 aliphatic heterocycles. The molecule has 24 heavy (non-hydrogen) atoms. The molecule has 1 aromatic rings. The van der Waals surface area contributed by atoms with Gasteiger partial charge in [-0.3, -0.25) is 19.9 Å². The summed E-state index contributed by atoms with van der Waals surface area (Å²) < 4.78 is 29.7. The van der Waals surface area contributed by atoms with E-state index in [1.54, 1.807) is 0 Å². The van der Waals surface area contributed by atoms with Crippen molar-refractivity contribution in [2.45, 2.75) is 38.5 Å². The molecule has 130 valence electrons. The van der Waals surface area contributed by atoms with Crippen LogP contribution in [0.5, 0.6) is 5.75 Å². The summed E-state index contributed by atoms with van der Waals surface area (Å²) in [5.74, 6) is -4.02. The molecular formula is C15H16F2N2O5. The van der Waals surface area contributed by atoms with Crippen LogP contribution in [0.3, 0.4) is 0 Å². The second kappa shape index (κ2) is 6.90. The number of nitrogens with zero attached hydrogens (tertiary/aromatic N) is 2. The van der Waals surface area contributed by atoms with Gasteiger partial charge >= 0.3 is 12.6 Å². The summed E-state index contributed by atoms with van der Waals surface area (Å²) in [6, 6.07) is 3.39. The van der Waals surface area contributed by atoms with Crippen LogP contribution in [0.15, 0.2) is 29.3 Å². The number of hydrogen-bond acceptors (Lipinski definition) is 5. The monoisotopic (exact) mass is 342 g/mol. The third-order valence-corrected chi connectivity index (χ3v) is 4.08. The van der Waals surface area contributed by atoms with Crippen LogP contribution in [0, 0.1) is 16.0 Å². The maximum Gasteiger partial charge on any atom is 0.387 e. The lowest BCUT2D eigenvalue weighted by molar-refractivity contribution is -0.530. The van der Waals surface area contributed by atoms with E-state index in [-0.39, 0.29) is 17.0 Å². The third kappa shape index (κ3) is 3.34. The van der Waals surface area contributed by atoms with Crippen LogP contribution >= 0.6 is 0 Å². The van der Waals surface area contributed by atoms with Crippen molar-refractivity contribution in [2.75, 3.05) is 0 Å². The summed E-state index contributed by atoms with van der Waals surface area (Å²) in [6.45, 7) is -0.160. The Hall–Kier alpha value is -2.58. The number of alkyl halides is 2. The van der Waals surface area contributed by atoms with E-state index in [9.17, 15) is 28.8 Å². The first-order valence-electron chi connectivity index (χ1n) is 7.18. The largest absolute Gasteiger partial charge is 0.481 e. The van der Waals surface area contributed by atoms with Gasteiger partial charge < -0.3 is 9.84 Å². The van der Waals surface area contributed by atoms with Gasteiger partial charge in [0.15, 0.2) is 0 Å². The van der Waals surface area contributed by atoms with E-state index < -0.39 is 41.4 Å². The average molecular weight is 342 g/mol. The van der Waals surface area contributed by atoms with Gasteiger partial charge in [-0.05, 0) is 19.9 Å². The highest BCUT2D eigenvalue weighted by atomic mass is 19.3. The quantitative estimate of drug-likeness (QED) is 0.654. The summed E-state index contributed by atoms with van der Waals surface area (Å²) in [4.78, 5) is 26.6. The molecule has 0 aromatic heterocycles. The van der Waals surface area contributed by atoms with E-state index in [1.807, 2.05) is 0 Å². The first-order chi connectivity index (χ1) is 11.2. The number of rotatable bonds is 5. The molecule has 4 atom stereocenters. The number of carboxylic acid groups (broad SMARTS) is 1. The van der Waals surface area contributed by atoms with Gasteiger partial charge in [0.25, 0.3) is 0 Å². The normalized spacial score (nSPS) is 26.8. The molecule has 0 aliphatic carbocycles. The number of aliphatic carboxylic acids is 1. The summed E-state index contributed by atoms with van der Waals surface area (Å²) in [7, 11) is 0. The Bertz CT molecular complexity index is 680. The van der Waals surface area contributed by atoms with Gasteiger partial charge in [0.05, 0.1) is 5.92 Å². The lowest BCUT2D eigenvalue weighted by Gasteiger charge is -2.34. The number of aliphatic imine (C=N–C) groups is 1. The minimum atomic E-state index is -3.13. The predicted molar refractivity (Wildman–Crippen MR) is 80.3 cm³/mol. The fourth-order valence-electron chi connectivity index (χ4n) is 3.20. The number of halogens is 2. The van der Waals surface area contributed by atoms with Crippen LogP contribution in [0.4, 0.5) is 8.78 Å². The first kappa shape index (κ1) is 17.8. The van der Waals surface area contributed by atoms with Crippen molar-refractivity contribution in [3.05, 3.63) is 39.9 Å². The van der Waals surface area contributed by atoms with Crippen molar-refractivity contribution in [1.29, 1.82) is 0 Å². The maximum absolute atomic E-state index is 12.6. The Labute approximate surface area is 136 Å². The Morgan fingerprint density at radius 3 is 2.58 bits per heavy atom. The molecule has 0 amide bonds. The van der Waals surface area contributed by atoms with E-state index in [0.717, 1.165) is 0 Å². The number of carbonyl (C=O) groups is 1. The number of para-hydroxylation sites is 1. The number of nitro groups is 1. The zero-order valence-corrected chi connectivity index (χ0v) is 12.9. The molecular weight excluding hydrogens is 326 g/mol.